The molecular weight excluding hydrogens is 282 g/mol. The average Bonchev–Trinajstić information content (AvgIpc) is 2.43. The first-order valence-corrected chi connectivity index (χ1v) is 5.84. The highest BCUT2D eigenvalue weighted by molar-refractivity contribution is 6.00. The van der Waals surface area contributed by atoms with Gasteiger partial charge in [0, 0.05) is 0 Å². The van der Waals surface area contributed by atoms with Gasteiger partial charge < -0.3 is 24.6 Å². The van der Waals surface area contributed by atoms with Gasteiger partial charge in [-0.3, -0.25) is 14.4 Å². The van der Waals surface area contributed by atoms with Crippen molar-refractivity contribution in [1.82, 2.24) is 4.90 Å². The second-order valence-corrected chi connectivity index (χ2v) is 3.99. The molecule has 114 valence electrons. The number of ether oxygens (including phenoxy) is 2. The van der Waals surface area contributed by atoms with E-state index in [2.05, 4.69) is 0 Å². The highest BCUT2D eigenvalue weighted by atomic mass is 16.5. The molecule has 0 fully saturated rings. The van der Waals surface area contributed by atoms with Crippen molar-refractivity contribution in [2.24, 2.45) is 0 Å². The van der Waals surface area contributed by atoms with Crippen LogP contribution in [0.3, 0.4) is 0 Å². The molecule has 0 aliphatic carbocycles. The SMILES string of the molecule is COc1cccc(C(=O)N(CC(=O)O)CC(=O)O)c1OC. The lowest BCUT2D eigenvalue weighted by Crippen LogP contribution is -2.39. The Morgan fingerprint density at radius 2 is 1.62 bits per heavy atom. The zero-order valence-electron chi connectivity index (χ0n) is 11.5. The topological polar surface area (TPSA) is 113 Å². The number of aliphatic carboxylic acids is 2. The van der Waals surface area contributed by atoms with Crippen LogP contribution in [0.1, 0.15) is 10.4 Å². The molecule has 0 heterocycles. The van der Waals surface area contributed by atoms with Crippen molar-refractivity contribution >= 4 is 17.8 Å². The molecule has 0 radical (unpaired) electrons. The molecule has 2 N–H and O–H groups in total. The van der Waals surface area contributed by atoms with Crippen molar-refractivity contribution in [3.05, 3.63) is 23.8 Å². The van der Waals surface area contributed by atoms with E-state index < -0.39 is 30.9 Å². The van der Waals surface area contributed by atoms with Gasteiger partial charge in [-0.2, -0.15) is 0 Å². The quantitative estimate of drug-likeness (QED) is 0.744. The van der Waals surface area contributed by atoms with E-state index >= 15 is 0 Å². The fourth-order valence-corrected chi connectivity index (χ4v) is 1.75. The van der Waals surface area contributed by atoms with E-state index in [4.69, 9.17) is 19.7 Å². The van der Waals surface area contributed by atoms with E-state index in [1.165, 1.54) is 26.4 Å². The van der Waals surface area contributed by atoms with E-state index in [0.29, 0.717) is 4.90 Å². The Balaban J connectivity index is 3.19. The molecule has 1 rings (SSSR count). The molecule has 0 unspecified atom stereocenters. The monoisotopic (exact) mass is 297 g/mol. The van der Waals surface area contributed by atoms with Crippen molar-refractivity contribution in [3.63, 3.8) is 0 Å². The number of para-hydroxylation sites is 1. The predicted octanol–water partition coefficient (Wildman–Crippen LogP) is 0.315. The van der Waals surface area contributed by atoms with Crippen LogP contribution < -0.4 is 9.47 Å². The maximum atomic E-state index is 12.3. The number of carboxylic acids is 2. The van der Waals surface area contributed by atoms with Crippen LogP contribution in [0.15, 0.2) is 18.2 Å². The predicted molar refractivity (Wildman–Crippen MR) is 70.7 cm³/mol. The maximum absolute atomic E-state index is 12.3. The van der Waals surface area contributed by atoms with Gasteiger partial charge >= 0.3 is 11.9 Å². The molecule has 1 amide bonds. The fourth-order valence-electron chi connectivity index (χ4n) is 1.75. The van der Waals surface area contributed by atoms with Gasteiger partial charge in [0.15, 0.2) is 11.5 Å². The first-order valence-electron chi connectivity index (χ1n) is 5.84. The lowest BCUT2D eigenvalue weighted by molar-refractivity contribution is -0.140. The lowest BCUT2D eigenvalue weighted by Gasteiger charge is -2.20. The summed E-state index contributed by atoms with van der Waals surface area (Å²) in [6.07, 6.45) is 0. The minimum Gasteiger partial charge on any atom is -0.493 e. The third-order valence-electron chi connectivity index (χ3n) is 2.57. The molecule has 0 aliphatic heterocycles. The number of carbonyl (C=O) groups excluding carboxylic acids is 1. The molecule has 0 bridgehead atoms. The second kappa shape index (κ2) is 7.13. The highest BCUT2D eigenvalue weighted by Crippen LogP contribution is 2.31. The molecule has 0 aliphatic rings. The van der Waals surface area contributed by atoms with Gasteiger partial charge in [-0.25, -0.2) is 0 Å². The van der Waals surface area contributed by atoms with Gasteiger partial charge in [-0.15, -0.1) is 0 Å². The van der Waals surface area contributed by atoms with E-state index in [1.54, 1.807) is 6.07 Å². The number of benzene rings is 1. The molecule has 0 saturated carbocycles. The normalized spacial score (nSPS) is 9.81. The van der Waals surface area contributed by atoms with E-state index in [1.807, 2.05) is 0 Å². The molecule has 0 atom stereocenters. The number of carbonyl (C=O) groups is 3. The van der Waals surface area contributed by atoms with Crippen LogP contribution >= 0.6 is 0 Å². The van der Waals surface area contributed by atoms with Crippen LogP contribution in [0.25, 0.3) is 0 Å². The summed E-state index contributed by atoms with van der Waals surface area (Å²) in [6.45, 7) is -1.46. The first-order chi connectivity index (χ1) is 9.90. The summed E-state index contributed by atoms with van der Waals surface area (Å²) in [6, 6.07) is 4.49. The summed E-state index contributed by atoms with van der Waals surface area (Å²) >= 11 is 0. The maximum Gasteiger partial charge on any atom is 0.323 e. The van der Waals surface area contributed by atoms with Gasteiger partial charge in [-0.05, 0) is 12.1 Å². The van der Waals surface area contributed by atoms with Crippen LogP contribution in [0, 0.1) is 0 Å². The zero-order chi connectivity index (χ0) is 16.0. The number of hydrogen-bond donors (Lipinski definition) is 2. The summed E-state index contributed by atoms with van der Waals surface area (Å²) in [5.74, 6) is -2.99. The Kier molecular flexibility index (Phi) is 5.53. The number of amides is 1. The summed E-state index contributed by atoms with van der Waals surface area (Å²) in [7, 11) is 2.71. The molecule has 0 aromatic heterocycles. The number of methoxy groups -OCH3 is 2. The minimum absolute atomic E-state index is 0.0272. The minimum atomic E-state index is -1.31. The van der Waals surface area contributed by atoms with Crippen molar-refractivity contribution in [1.29, 1.82) is 0 Å². The van der Waals surface area contributed by atoms with Gasteiger partial charge in [0.2, 0.25) is 0 Å². The molecule has 8 nitrogen and oxygen atoms in total. The first kappa shape index (κ1) is 16.3. The molecule has 21 heavy (non-hydrogen) atoms. The Morgan fingerprint density at radius 3 is 2.05 bits per heavy atom. The number of hydrogen-bond acceptors (Lipinski definition) is 5. The van der Waals surface area contributed by atoms with Crippen LogP contribution in [0.5, 0.6) is 11.5 Å². The smallest absolute Gasteiger partial charge is 0.323 e. The summed E-state index contributed by atoms with van der Waals surface area (Å²) in [5.41, 5.74) is 0.0272. The van der Waals surface area contributed by atoms with E-state index in [0.717, 1.165) is 0 Å². The summed E-state index contributed by atoms with van der Waals surface area (Å²) in [5, 5.41) is 17.6. The molecular formula is C13H15NO7. The Bertz CT molecular complexity index is 539. The van der Waals surface area contributed by atoms with E-state index in [9.17, 15) is 14.4 Å². The zero-order valence-corrected chi connectivity index (χ0v) is 11.5. The Labute approximate surface area is 120 Å². The fraction of sp³-hybridized carbons (Fsp3) is 0.308. The largest absolute Gasteiger partial charge is 0.493 e. The Morgan fingerprint density at radius 1 is 1.05 bits per heavy atom. The third kappa shape index (κ3) is 4.10. The summed E-state index contributed by atoms with van der Waals surface area (Å²) < 4.78 is 10.1. The second-order valence-electron chi connectivity index (χ2n) is 3.99. The number of carboxylic acid groups (broad SMARTS) is 2. The van der Waals surface area contributed by atoms with Gasteiger partial charge in [0.1, 0.15) is 13.1 Å². The third-order valence-corrected chi connectivity index (χ3v) is 2.57. The molecule has 1 aromatic carbocycles. The highest BCUT2D eigenvalue weighted by Gasteiger charge is 2.25. The Hall–Kier alpha value is -2.77. The van der Waals surface area contributed by atoms with Crippen molar-refractivity contribution < 1.29 is 34.1 Å². The lowest BCUT2D eigenvalue weighted by atomic mass is 10.1. The van der Waals surface area contributed by atoms with Crippen molar-refractivity contribution in [2.45, 2.75) is 0 Å². The van der Waals surface area contributed by atoms with Crippen molar-refractivity contribution in [2.75, 3.05) is 27.3 Å². The molecule has 8 heteroatoms. The molecule has 1 aromatic rings. The number of nitrogens with zero attached hydrogens (tertiary/aromatic N) is 1. The van der Waals surface area contributed by atoms with Crippen LogP contribution in [0.4, 0.5) is 0 Å². The van der Waals surface area contributed by atoms with Crippen LogP contribution in [-0.2, 0) is 9.59 Å². The van der Waals surface area contributed by atoms with Gasteiger partial charge in [0.05, 0.1) is 19.8 Å². The standard InChI is InChI=1S/C13H15NO7/c1-20-9-5-3-4-8(12(9)21-2)13(19)14(6-10(15)16)7-11(17)18/h3-5H,6-7H2,1-2H3,(H,15,16)(H,17,18). The van der Waals surface area contributed by atoms with Gasteiger partial charge in [0.25, 0.3) is 5.91 Å². The van der Waals surface area contributed by atoms with Gasteiger partial charge in [-0.1, -0.05) is 6.07 Å². The summed E-state index contributed by atoms with van der Waals surface area (Å²) in [4.78, 5) is 34.5. The van der Waals surface area contributed by atoms with Crippen molar-refractivity contribution in [3.8, 4) is 11.5 Å². The van der Waals surface area contributed by atoms with E-state index in [-0.39, 0.29) is 17.1 Å². The number of rotatable bonds is 7. The molecule has 0 saturated heterocycles. The average molecular weight is 297 g/mol. The van der Waals surface area contributed by atoms with Crippen LogP contribution in [-0.4, -0.2) is 60.3 Å². The molecule has 0 spiro atoms. The van der Waals surface area contributed by atoms with Crippen LogP contribution in [0.2, 0.25) is 0 Å².